The molecular formula is C14H19N5O2. The minimum Gasteiger partial charge on any atom is -0.396 e. The topological polar surface area (TPSA) is 92.4 Å². The molecular weight excluding hydrogens is 270 g/mol. The normalized spacial score (nSPS) is 21.8. The number of nitrogens with zero attached hydrogens (tertiary/aromatic N) is 4. The van der Waals surface area contributed by atoms with Crippen molar-refractivity contribution < 1.29 is 9.90 Å². The number of aliphatic hydroxyl groups is 1. The Morgan fingerprint density at radius 3 is 3.05 bits per heavy atom. The third-order valence-corrected chi connectivity index (χ3v) is 4.21. The monoisotopic (exact) mass is 289 g/mol. The Morgan fingerprint density at radius 2 is 2.29 bits per heavy atom. The van der Waals surface area contributed by atoms with Crippen LogP contribution in [0.25, 0.3) is 5.78 Å². The summed E-state index contributed by atoms with van der Waals surface area (Å²) in [4.78, 5) is 20.4. The second-order valence-electron chi connectivity index (χ2n) is 5.58. The van der Waals surface area contributed by atoms with Crippen LogP contribution < -0.4 is 5.32 Å². The first kappa shape index (κ1) is 13.9. The number of nitrogens with one attached hydrogen (secondary N) is 1. The Bertz CT molecular complexity index is 654. The molecule has 1 fully saturated rings. The number of carbonyl (C=O) groups is 1. The van der Waals surface area contributed by atoms with Crippen LogP contribution >= 0.6 is 0 Å². The van der Waals surface area contributed by atoms with Crippen molar-refractivity contribution in [3.05, 3.63) is 23.8 Å². The number of aliphatic hydroxyl groups excluding tert-OH is 1. The minimum atomic E-state index is -0.288. The van der Waals surface area contributed by atoms with Crippen molar-refractivity contribution >= 4 is 11.7 Å². The minimum absolute atomic E-state index is 0.135. The molecule has 1 saturated carbocycles. The smallest absolute Gasteiger partial charge is 0.291 e. The van der Waals surface area contributed by atoms with Gasteiger partial charge in [-0.15, -0.1) is 5.10 Å². The SMILES string of the molecule is Cc1ccnc2nc(C(=O)NCC3CCCC3CO)nn12. The van der Waals surface area contributed by atoms with E-state index in [9.17, 15) is 9.90 Å². The molecule has 2 atom stereocenters. The van der Waals surface area contributed by atoms with Gasteiger partial charge in [0.1, 0.15) is 0 Å². The van der Waals surface area contributed by atoms with E-state index in [1.165, 1.54) is 0 Å². The van der Waals surface area contributed by atoms with Crippen LogP contribution in [0.1, 0.15) is 35.6 Å². The molecule has 3 rings (SSSR count). The van der Waals surface area contributed by atoms with Crippen molar-refractivity contribution in [2.24, 2.45) is 11.8 Å². The molecule has 0 bridgehead atoms. The van der Waals surface area contributed by atoms with Crippen LogP contribution in [0.2, 0.25) is 0 Å². The van der Waals surface area contributed by atoms with Crippen molar-refractivity contribution in [2.75, 3.05) is 13.2 Å². The summed E-state index contributed by atoms with van der Waals surface area (Å²) in [5, 5.41) is 16.3. The van der Waals surface area contributed by atoms with Crippen molar-refractivity contribution in [2.45, 2.75) is 26.2 Å². The molecule has 21 heavy (non-hydrogen) atoms. The number of aromatic nitrogens is 4. The second-order valence-corrected chi connectivity index (χ2v) is 5.58. The summed E-state index contributed by atoms with van der Waals surface area (Å²) in [7, 11) is 0. The van der Waals surface area contributed by atoms with E-state index >= 15 is 0 Å². The maximum absolute atomic E-state index is 12.1. The maximum Gasteiger partial charge on any atom is 0.291 e. The van der Waals surface area contributed by atoms with Gasteiger partial charge in [-0.1, -0.05) is 6.42 Å². The Hall–Kier alpha value is -2.02. The molecule has 2 unspecified atom stereocenters. The highest BCUT2D eigenvalue weighted by Gasteiger charge is 2.27. The van der Waals surface area contributed by atoms with E-state index in [1.807, 2.05) is 13.0 Å². The number of hydrogen-bond acceptors (Lipinski definition) is 5. The molecule has 0 aliphatic heterocycles. The summed E-state index contributed by atoms with van der Waals surface area (Å²) in [6.45, 7) is 2.64. The predicted molar refractivity (Wildman–Crippen MR) is 75.8 cm³/mol. The Morgan fingerprint density at radius 1 is 1.48 bits per heavy atom. The zero-order valence-corrected chi connectivity index (χ0v) is 12.0. The molecule has 0 aromatic carbocycles. The number of hydrogen-bond donors (Lipinski definition) is 2. The van der Waals surface area contributed by atoms with Gasteiger partial charge >= 0.3 is 0 Å². The summed E-state index contributed by atoms with van der Waals surface area (Å²) in [5.41, 5.74) is 0.877. The third-order valence-electron chi connectivity index (χ3n) is 4.21. The summed E-state index contributed by atoms with van der Waals surface area (Å²) in [6.07, 6.45) is 4.84. The van der Waals surface area contributed by atoms with Gasteiger partial charge in [0, 0.05) is 25.0 Å². The third kappa shape index (κ3) is 2.73. The molecule has 0 spiro atoms. The van der Waals surface area contributed by atoms with Gasteiger partial charge in [-0.05, 0) is 37.7 Å². The molecule has 0 saturated heterocycles. The van der Waals surface area contributed by atoms with Gasteiger partial charge in [0.2, 0.25) is 5.82 Å². The van der Waals surface area contributed by atoms with Gasteiger partial charge in [-0.25, -0.2) is 9.50 Å². The van der Waals surface area contributed by atoms with Crippen molar-refractivity contribution in [3.63, 3.8) is 0 Å². The van der Waals surface area contributed by atoms with E-state index in [0.29, 0.717) is 24.2 Å². The average molecular weight is 289 g/mol. The van der Waals surface area contributed by atoms with E-state index in [-0.39, 0.29) is 18.3 Å². The zero-order valence-electron chi connectivity index (χ0n) is 12.0. The summed E-state index contributed by atoms with van der Waals surface area (Å²) in [6, 6.07) is 1.81. The van der Waals surface area contributed by atoms with Crippen LogP contribution in [-0.2, 0) is 0 Å². The first-order valence-corrected chi connectivity index (χ1v) is 7.26. The molecule has 1 amide bonds. The highest BCUT2D eigenvalue weighted by Crippen LogP contribution is 2.30. The van der Waals surface area contributed by atoms with Gasteiger partial charge in [-0.3, -0.25) is 4.79 Å². The van der Waals surface area contributed by atoms with Crippen molar-refractivity contribution in [1.82, 2.24) is 24.9 Å². The second kappa shape index (κ2) is 5.77. The van der Waals surface area contributed by atoms with E-state index in [0.717, 1.165) is 25.0 Å². The molecule has 7 heteroatoms. The lowest BCUT2D eigenvalue weighted by molar-refractivity contribution is 0.0927. The zero-order chi connectivity index (χ0) is 14.8. The van der Waals surface area contributed by atoms with Gasteiger partial charge in [-0.2, -0.15) is 4.98 Å². The number of rotatable bonds is 4. The molecule has 2 aromatic rings. The quantitative estimate of drug-likeness (QED) is 0.858. The van der Waals surface area contributed by atoms with Crippen molar-refractivity contribution in [1.29, 1.82) is 0 Å². The molecule has 7 nitrogen and oxygen atoms in total. The van der Waals surface area contributed by atoms with Gasteiger partial charge in [0.25, 0.3) is 11.7 Å². The van der Waals surface area contributed by atoms with Crippen LogP contribution in [0.5, 0.6) is 0 Å². The molecule has 2 aromatic heterocycles. The van der Waals surface area contributed by atoms with Crippen LogP contribution in [0.15, 0.2) is 12.3 Å². The Kier molecular flexibility index (Phi) is 3.83. The number of aryl methyl sites for hydroxylation is 1. The summed E-state index contributed by atoms with van der Waals surface area (Å²) >= 11 is 0. The van der Waals surface area contributed by atoms with Crippen LogP contribution in [-0.4, -0.2) is 43.7 Å². The van der Waals surface area contributed by atoms with Gasteiger partial charge < -0.3 is 10.4 Å². The fourth-order valence-electron chi connectivity index (χ4n) is 2.93. The molecule has 1 aliphatic rings. The first-order chi connectivity index (χ1) is 10.2. The average Bonchev–Trinajstić information content (AvgIpc) is 3.11. The standard InChI is InChI=1S/C14H19N5O2/c1-9-5-6-15-14-17-12(18-19(9)14)13(21)16-7-10-3-2-4-11(10)8-20/h5-6,10-11,20H,2-4,7-8H2,1H3,(H,16,21). The van der Waals surface area contributed by atoms with Gasteiger partial charge in [0.05, 0.1) is 0 Å². The summed E-state index contributed by atoms with van der Waals surface area (Å²) < 4.78 is 1.56. The van der Waals surface area contributed by atoms with Crippen LogP contribution in [0, 0.1) is 18.8 Å². The molecule has 1 aliphatic carbocycles. The van der Waals surface area contributed by atoms with Crippen LogP contribution in [0.4, 0.5) is 0 Å². The number of carbonyl (C=O) groups excluding carboxylic acids is 1. The largest absolute Gasteiger partial charge is 0.396 e. The summed E-state index contributed by atoms with van der Waals surface area (Å²) in [5.74, 6) is 0.909. The molecule has 112 valence electrons. The molecule has 0 radical (unpaired) electrons. The first-order valence-electron chi connectivity index (χ1n) is 7.26. The lowest BCUT2D eigenvalue weighted by Crippen LogP contribution is -2.32. The molecule has 2 heterocycles. The lowest BCUT2D eigenvalue weighted by Gasteiger charge is -2.17. The Balaban J connectivity index is 1.68. The Labute approximate surface area is 122 Å². The van der Waals surface area contributed by atoms with Crippen molar-refractivity contribution in [3.8, 4) is 0 Å². The fraction of sp³-hybridized carbons (Fsp3) is 0.571. The number of amides is 1. The maximum atomic E-state index is 12.1. The fourth-order valence-corrected chi connectivity index (χ4v) is 2.93. The lowest BCUT2D eigenvalue weighted by atomic mass is 9.97. The van der Waals surface area contributed by atoms with E-state index in [4.69, 9.17) is 0 Å². The van der Waals surface area contributed by atoms with Crippen LogP contribution in [0.3, 0.4) is 0 Å². The van der Waals surface area contributed by atoms with E-state index in [1.54, 1.807) is 10.7 Å². The predicted octanol–water partition coefficient (Wildman–Crippen LogP) is 0.571. The highest BCUT2D eigenvalue weighted by molar-refractivity contribution is 5.90. The van der Waals surface area contributed by atoms with E-state index < -0.39 is 0 Å². The van der Waals surface area contributed by atoms with Gasteiger partial charge in [0.15, 0.2) is 0 Å². The highest BCUT2D eigenvalue weighted by atomic mass is 16.3. The number of fused-ring (bicyclic) bond motifs is 1. The van der Waals surface area contributed by atoms with E-state index in [2.05, 4.69) is 20.4 Å². The molecule has 2 N–H and O–H groups in total.